The van der Waals surface area contributed by atoms with Gasteiger partial charge in [0.1, 0.15) is 11.4 Å². The van der Waals surface area contributed by atoms with Gasteiger partial charge < -0.3 is 32.2 Å². The van der Waals surface area contributed by atoms with E-state index in [1.54, 1.807) is 27.1 Å². The van der Waals surface area contributed by atoms with E-state index in [4.69, 9.17) is 11.5 Å². The molecule has 3 heterocycles. The maximum absolute atomic E-state index is 13.7. The van der Waals surface area contributed by atoms with Crippen molar-refractivity contribution in [1.82, 2.24) is 29.5 Å². The summed E-state index contributed by atoms with van der Waals surface area (Å²) in [6, 6.07) is 24.3. The molecule has 1 fully saturated rings. The van der Waals surface area contributed by atoms with Gasteiger partial charge in [-0.1, -0.05) is 77.9 Å². The summed E-state index contributed by atoms with van der Waals surface area (Å²) in [7, 11) is -3.61. The average molecular weight is 812 g/mol. The van der Waals surface area contributed by atoms with Crippen molar-refractivity contribution in [3.8, 4) is 11.4 Å². The highest BCUT2D eigenvalue weighted by atomic mass is 32.2. The van der Waals surface area contributed by atoms with Crippen LogP contribution >= 0.6 is 0 Å². The Morgan fingerprint density at radius 2 is 1.62 bits per heavy atom. The van der Waals surface area contributed by atoms with Crippen molar-refractivity contribution >= 4 is 27.0 Å². The number of rotatable bonds is 13. The van der Waals surface area contributed by atoms with Gasteiger partial charge in [-0.3, -0.25) is 9.56 Å². The van der Waals surface area contributed by atoms with Crippen LogP contribution in [0.15, 0.2) is 99.7 Å². The van der Waals surface area contributed by atoms with E-state index in [2.05, 4.69) is 73.2 Å². The van der Waals surface area contributed by atoms with Crippen LogP contribution in [0.5, 0.6) is 5.75 Å². The van der Waals surface area contributed by atoms with Crippen molar-refractivity contribution < 1.29 is 13.5 Å². The number of fused-ring (bicyclic) bond motifs is 1. The molecule has 14 heteroatoms. The molecular formula is C44H61N9O4S. The van der Waals surface area contributed by atoms with Gasteiger partial charge in [0.2, 0.25) is 10.0 Å². The first kappa shape index (κ1) is 44.1. The fraction of sp³-hybridized carbons (Fsp3) is 0.432. The third-order valence-electron chi connectivity index (χ3n) is 10.2. The first-order valence-corrected chi connectivity index (χ1v) is 21.5. The van der Waals surface area contributed by atoms with E-state index in [1.807, 2.05) is 60.8 Å². The molecule has 0 atom stereocenters. The monoisotopic (exact) mass is 811 g/mol. The molecule has 58 heavy (non-hydrogen) atoms. The molecule has 0 amide bonds. The minimum atomic E-state index is -3.61. The van der Waals surface area contributed by atoms with Gasteiger partial charge >= 0.3 is 5.69 Å². The zero-order valence-corrected chi connectivity index (χ0v) is 35.6. The second-order valence-electron chi connectivity index (χ2n) is 16.9. The number of nitrogens with zero attached hydrogens (tertiary/aromatic N) is 4. The Hall–Kier alpha value is -5.02. The highest BCUT2D eigenvalue weighted by Gasteiger charge is 2.33. The molecule has 0 aliphatic carbocycles. The van der Waals surface area contributed by atoms with Gasteiger partial charge in [-0.05, 0) is 110 Å². The lowest BCUT2D eigenvalue weighted by molar-refractivity contribution is 0.264. The van der Waals surface area contributed by atoms with E-state index in [9.17, 15) is 18.3 Å². The number of hydrogen-bond acceptors (Lipinski definition) is 8. The highest BCUT2D eigenvalue weighted by molar-refractivity contribution is 7.89. The van der Waals surface area contributed by atoms with Crippen LogP contribution in [0, 0.1) is 0 Å². The largest absolute Gasteiger partial charge is 0.508 e. The Kier molecular flexibility index (Phi) is 14.6. The second kappa shape index (κ2) is 19.2. The number of hydrogen-bond donors (Lipinski definition) is 6. The molecule has 1 saturated heterocycles. The van der Waals surface area contributed by atoms with Crippen molar-refractivity contribution in [1.29, 1.82) is 0 Å². The summed E-state index contributed by atoms with van der Waals surface area (Å²) in [5.41, 5.74) is 15.8. The van der Waals surface area contributed by atoms with Crippen LogP contribution in [0.25, 0.3) is 16.7 Å². The second-order valence-corrected chi connectivity index (χ2v) is 18.8. The fourth-order valence-electron chi connectivity index (χ4n) is 6.76. The van der Waals surface area contributed by atoms with Gasteiger partial charge in [-0.25, -0.2) is 13.2 Å². The Balaban J connectivity index is 0.000000221. The maximum atomic E-state index is 13.7. The number of H-pyrrole nitrogens is 1. The number of piperidine rings is 1. The number of nitrogens with two attached hydrogens (primary N) is 2. The summed E-state index contributed by atoms with van der Waals surface area (Å²) in [5, 5.41) is 17.1. The third kappa shape index (κ3) is 12.0. The molecule has 312 valence electrons. The maximum Gasteiger partial charge on any atom is 0.354 e. The predicted molar refractivity (Wildman–Crippen MR) is 234 cm³/mol. The summed E-state index contributed by atoms with van der Waals surface area (Å²) in [4.78, 5) is 24.3. The Morgan fingerprint density at radius 1 is 0.948 bits per heavy atom. The van der Waals surface area contributed by atoms with Crippen molar-refractivity contribution in [3.63, 3.8) is 0 Å². The number of phenols is 1. The lowest BCUT2D eigenvalue weighted by Crippen LogP contribution is -2.46. The van der Waals surface area contributed by atoms with Crippen LogP contribution in [0.1, 0.15) is 83.2 Å². The molecule has 2 aromatic heterocycles. The summed E-state index contributed by atoms with van der Waals surface area (Å²) in [6.07, 6.45) is 4.95. The number of nitrogens with one attached hydrogen (secondary N) is 3. The van der Waals surface area contributed by atoms with Gasteiger partial charge in [0.05, 0.1) is 10.6 Å². The van der Waals surface area contributed by atoms with Crippen molar-refractivity contribution in [2.24, 2.45) is 16.5 Å². The van der Waals surface area contributed by atoms with E-state index in [1.165, 1.54) is 0 Å². The van der Waals surface area contributed by atoms with Gasteiger partial charge in [0.25, 0.3) is 0 Å². The number of aromatic hydroxyl groups is 1. The molecule has 0 unspecified atom stereocenters. The van der Waals surface area contributed by atoms with Crippen molar-refractivity contribution in [2.75, 3.05) is 32.7 Å². The number of aromatic nitrogens is 3. The molecule has 3 aromatic carbocycles. The average Bonchev–Trinajstić information content (AvgIpc) is 3.61. The standard InChI is InChI=1S/C23H32N2O3S.C21H29N7O/c1-23(2,3)19-5-4-6-22(17-19)29(27,28)25(20-11-14-24-15-12-20)16-13-18-7-9-21(26)10-8-18;1-21(2,3)17-11-15-13-28(20(29)27-18(15)26-17)16-7-5-14(6-8-16)12-24-9-4-10-25-19(22)23/h4-10,17,20,24,26H,11-16H2,1-3H3;5-8,11,13,24H,4,9-10,12H2,1-3H3,(H4,22,23,25)(H,26,27,29). The summed E-state index contributed by atoms with van der Waals surface area (Å²) >= 11 is 0. The predicted octanol–water partition coefficient (Wildman–Crippen LogP) is 5.44. The number of benzene rings is 3. The number of aromatic amines is 1. The van der Waals surface area contributed by atoms with Crippen LogP contribution in [0.2, 0.25) is 0 Å². The summed E-state index contributed by atoms with van der Waals surface area (Å²) in [5.74, 6) is 0.341. The molecule has 6 rings (SSSR count). The molecule has 0 bridgehead atoms. The van der Waals surface area contributed by atoms with Gasteiger partial charge in [-0.2, -0.15) is 9.29 Å². The molecule has 0 saturated carbocycles. The highest BCUT2D eigenvalue weighted by Crippen LogP contribution is 2.29. The van der Waals surface area contributed by atoms with Gasteiger partial charge in [-0.15, -0.1) is 0 Å². The van der Waals surface area contributed by atoms with E-state index < -0.39 is 10.0 Å². The van der Waals surface area contributed by atoms with Crippen LogP contribution in [-0.4, -0.2) is 77.1 Å². The summed E-state index contributed by atoms with van der Waals surface area (Å²) < 4.78 is 30.6. The van der Waals surface area contributed by atoms with Gasteiger partial charge in [0, 0.05) is 48.4 Å². The van der Waals surface area contributed by atoms with Crippen molar-refractivity contribution in [2.45, 2.75) is 95.5 Å². The lowest BCUT2D eigenvalue weighted by atomic mass is 9.87. The SMILES string of the molecule is CC(C)(C)c1cc2cn(-c3ccc(CNCCCN=C(N)N)cc3)c(=O)nc2[nH]1.CC(C)(C)c1cccc(S(=O)(=O)N(CCc2ccc(O)cc2)C2CCNCC2)c1. The van der Waals surface area contributed by atoms with E-state index >= 15 is 0 Å². The molecule has 5 aromatic rings. The third-order valence-corrected chi connectivity index (χ3v) is 12.2. The first-order valence-electron chi connectivity index (χ1n) is 20.0. The number of phenolic OH excluding ortho intramolecular Hbond substituents is 1. The molecule has 8 N–H and O–H groups in total. The Morgan fingerprint density at radius 3 is 2.26 bits per heavy atom. The number of sulfonamides is 1. The fourth-order valence-corrected chi connectivity index (χ4v) is 8.49. The van der Waals surface area contributed by atoms with Crippen LogP contribution in [0.3, 0.4) is 0 Å². The molecule has 1 aliphatic rings. The molecule has 1 aliphatic heterocycles. The number of aliphatic imine (C=N–C) groups is 1. The zero-order chi connectivity index (χ0) is 42.1. The quantitative estimate of drug-likeness (QED) is 0.0510. The van der Waals surface area contributed by atoms with E-state index in [0.717, 1.165) is 78.9 Å². The molecule has 13 nitrogen and oxygen atoms in total. The van der Waals surface area contributed by atoms with Crippen LogP contribution < -0.4 is 27.8 Å². The molecule has 0 spiro atoms. The first-order chi connectivity index (χ1) is 27.4. The number of guanidine groups is 1. The van der Waals surface area contributed by atoms with E-state index in [-0.39, 0.29) is 34.3 Å². The lowest BCUT2D eigenvalue weighted by Gasteiger charge is -2.34. The van der Waals surface area contributed by atoms with Crippen LogP contribution in [0.4, 0.5) is 0 Å². The topological polar surface area (TPSA) is 197 Å². The summed E-state index contributed by atoms with van der Waals surface area (Å²) in [6.45, 7) is 16.9. The zero-order valence-electron chi connectivity index (χ0n) is 34.8. The van der Waals surface area contributed by atoms with Crippen molar-refractivity contribution in [3.05, 3.63) is 118 Å². The Labute approximate surface area is 343 Å². The minimum Gasteiger partial charge on any atom is -0.508 e. The van der Waals surface area contributed by atoms with Gasteiger partial charge in [0.15, 0.2) is 5.96 Å². The Bertz CT molecular complexity index is 2290. The molecular weight excluding hydrogens is 751 g/mol. The normalized spacial score (nSPS) is 14.0. The molecule has 0 radical (unpaired) electrons. The smallest absolute Gasteiger partial charge is 0.354 e. The van der Waals surface area contributed by atoms with Crippen LogP contribution in [-0.2, 0) is 33.8 Å². The van der Waals surface area contributed by atoms with E-state index in [0.29, 0.717) is 30.1 Å². The minimum absolute atomic E-state index is 0.00309.